The van der Waals surface area contributed by atoms with Crippen LogP contribution in [0.2, 0.25) is 0 Å². The summed E-state index contributed by atoms with van der Waals surface area (Å²) < 4.78 is 5.41. The van der Waals surface area contributed by atoms with Crippen molar-refractivity contribution in [2.75, 3.05) is 0 Å². The molecule has 0 N–H and O–H groups in total. The van der Waals surface area contributed by atoms with Crippen LogP contribution in [0.25, 0.3) is 11.6 Å². The van der Waals surface area contributed by atoms with Gasteiger partial charge in [-0.25, -0.2) is 4.79 Å². The minimum absolute atomic E-state index is 0.208. The second-order valence-electron chi connectivity index (χ2n) is 8.41. The molecule has 0 radical (unpaired) electrons. The number of carbonyl (C=O) groups excluding carboxylic acids is 2. The maximum atomic E-state index is 13.3. The second kappa shape index (κ2) is 10.6. The number of aryl methyl sites for hydroxylation is 1. The molecular formula is C32H26O3. The molecule has 0 saturated heterocycles. The van der Waals surface area contributed by atoms with Gasteiger partial charge in [0.2, 0.25) is 0 Å². The van der Waals surface area contributed by atoms with Crippen molar-refractivity contribution in [3.8, 4) is 5.75 Å². The van der Waals surface area contributed by atoms with Crippen molar-refractivity contribution >= 4 is 23.4 Å². The first kappa shape index (κ1) is 23.7. The van der Waals surface area contributed by atoms with Crippen molar-refractivity contribution in [1.82, 2.24) is 0 Å². The first-order valence-corrected chi connectivity index (χ1v) is 11.4. The van der Waals surface area contributed by atoms with Crippen LogP contribution in [0.1, 0.15) is 45.1 Å². The van der Waals surface area contributed by atoms with E-state index in [0.29, 0.717) is 11.1 Å². The first-order valence-electron chi connectivity index (χ1n) is 11.4. The quantitative estimate of drug-likeness (QED) is 0.0960. The van der Waals surface area contributed by atoms with Gasteiger partial charge >= 0.3 is 5.97 Å². The topological polar surface area (TPSA) is 43.4 Å². The van der Waals surface area contributed by atoms with Gasteiger partial charge in [0.1, 0.15) is 5.75 Å². The van der Waals surface area contributed by atoms with Crippen molar-refractivity contribution in [3.63, 3.8) is 0 Å². The van der Waals surface area contributed by atoms with Gasteiger partial charge in [-0.1, -0.05) is 103 Å². The monoisotopic (exact) mass is 458 g/mol. The Kier molecular flexibility index (Phi) is 7.18. The summed E-state index contributed by atoms with van der Waals surface area (Å²) in [6, 6.07) is 33.1. The van der Waals surface area contributed by atoms with Gasteiger partial charge in [-0.15, -0.1) is 0 Å². The minimum Gasteiger partial charge on any atom is -0.422 e. The van der Waals surface area contributed by atoms with Crippen LogP contribution in [0.15, 0.2) is 115 Å². The number of benzene rings is 4. The van der Waals surface area contributed by atoms with Gasteiger partial charge in [-0.05, 0) is 54.3 Å². The summed E-state index contributed by atoms with van der Waals surface area (Å²) in [6.07, 6.45) is 2.12. The standard InChI is InChI=1S/C32H26O3/c1-22(2)32(34)35-30-19-14-23(3)20-29(30)31(33)27-17-15-24(16-18-27)21-28(25-10-6-4-7-11-25)26-12-8-5-9-13-26/h4-21H,1H2,2-3H3. The van der Waals surface area contributed by atoms with E-state index in [1.807, 2.05) is 55.5 Å². The van der Waals surface area contributed by atoms with Crippen molar-refractivity contribution in [2.24, 2.45) is 0 Å². The molecule has 0 unspecified atom stereocenters. The maximum Gasteiger partial charge on any atom is 0.338 e. The molecule has 3 nitrogen and oxygen atoms in total. The van der Waals surface area contributed by atoms with Gasteiger partial charge in [-0.2, -0.15) is 0 Å². The summed E-state index contributed by atoms with van der Waals surface area (Å²) in [7, 11) is 0. The highest BCUT2D eigenvalue weighted by Crippen LogP contribution is 2.27. The molecule has 4 rings (SSSR count). The first-order chi connectivity index (χ1) is 16.9. The highest BCUT2D eigenvalue weighted by atomic mass is 16.5. The molecule has 0 spiro atoms. The van der Waals surface area contributed by atoms with E-state index in [9.17, 15) is 9.59 Å². The smallest absolute Gasteiger partial charge is 0.338 e. The van der Waals surface area contributed by atoms with Crippen LogP contribution in [-0.4, -0.2) is 11.8 Å². The van der Waals surface area contributed by atoms with Crippen LogP contribution in [0.4, 0.5) is 0 Å². The summed E-state index contributed by atoms with van der Waals surface area (Å²) >= 11 is 0. The third-order valence-corrected chi connectivity index (χ3v) is 5.58. The fourth-order valence-corrected chi connectivity index (χ4v) is 3.72. The van der Waals surface area contributed by atoms with Crippen LogP contribution in [-0.2, 0) is 4.79 Å². The zero-order chi connectivity index (χ0) is 24.8. The van der Waals surface area contributed by atoms with E-state index in [1.165, 1.54) is 0 Å². The van der Waals surface area contributed by atoms with E-state index in [0.717, 1.165) is 27.8 Å². The lowest BCUT2D eigenvalue weighted by atomic mass is 9.95. The summed E-state index contributed by atoms with van der Waals surface area (Å²) in [5, 5.41) is 0. The highest BCUT2D eigenvalue weighted by molar-refractivity contribution is 6.11. The normalized spacial score (nSPS) is 10.3. The number of hydrogen-bond donors (Lipinski definition) is 0. The lowest BCUT2D eigenvalue weighted by Crippen LogP contribution is -2.12. The number of ketones is 1. The minimum atomic E-state index is -0.558. The molecule has 0 amide bonds. The Labute approximate surface area is 206 Å². The lowest BCUT2D eigenvalue weighted by Gasteiger charge is -2.11. The molecule has 0 heterocycles. The zero-order valence-corrected chi connectivity index (χ0v) is 19.8. The van der Waals surface area contributed by atoms with E-state index in [4.69, 9.17) is 4.74 Å². The Morgan fingerprint density at radius 2 is 1.31 bits per heavy atom. The van der Waals surface area contributed by atoms with Crippen LogP contribution >= 0.6 is 0 Å². The Morgan fingerprint density at radius 1 is 0.743 bits per heavy atom. The maximum absolute atomic E-state index is 13.3. The summed E-state index contributed by atoms with van der Waals surface area (Å²) in [4.78, 5) is 25.4. The van der Waals surface area contributed by atoms with E-state index >= 15 is 0 Å². The lowest BCUT2D eigenvalue weighted by molar-refractivity contribution is -0.130. The predicted molar refractivity (Wildman–Crippen MR) is 141 cm³/mol. The number of ether oxygens (including phenoxy) is 1. The molecular weight excluding hydrogens is 432 g/mol. The van der Waals surface area contributed by atoms with Crippen LogP contribution in [0.5, 0.6) is 5.75 Å². The van der Waals surface area contributed by atoms with Gasteiger partial charge in [-0.3, -0.25) is 4.79 Å². The number of carbonyl (C=O) groups is 2. The summed E-state index contributed by atoms with van der Waals surface area (Å²) in [5.41, 5.74) is 6.33. The van der Waals surface area contributed by atoms with Gasteiger partial charge in [0.25, 0.3) is 0 Å². The fourth-order valence-electron chi connectivity index (χ4n) is 3.72. The third kappa shape index (κ3) is 5.71. The van der Waals surface area contributed by atoms with Crippen molar-refractivity contribution in [3.05, 3.63) is 149 Å². The molecule has 4 aromatic carbocycles. The zero-order valence-electron chi connectivity index (χ0n) is 19.8. The van der Waals surface area contributed by atoms with Crippen LogP contribution < -0.4 is 4.74 Å². The average Bonchev–Trinajstić information content (AvgIpc) is 2.89. The van der Waals surface area contributed by atoms with E-state index in [2.05, 4.69) is 36.9 Å². The van der Waals surface area contributed by atoms with Crippen molar-refractivity contribution in [2.45, 2.75) is 13.8 Å². The van der Waals surface area contributed by atoms with Gasteiger partial charge in [0.15, 0.2) is 5.78 Å². The Hall–Kier alpha value is -4.50. The Balaban J connectivity index is 1.67. The SMILES string of the molecule is C=C(C)C(=O)Oc1ccc(C)cc1C(=O)c1ccc(C=C(c2ccccc2)c2ccccc2)cc1. The Bertz CT molecular complexity index is 1360. The second-order valence-corrected chi connectivity index (χ2v) is 8.41. The predicted octanol–water partition coefficient (Wildman–Crippen LogP) is 7.30. The largest absolute Gasteiger partial charge is 0.422 e. The van der Waals surface area contributed by atoms with E-state index < -0.39 is 5.97 Å². The van der Waals surface area contributed by atoms with E-state index in [-0.39, 0.29) is 17.1 Å². The molecule has 172 valence electrons. The molecule has 4 aromatic rings. The highest BCUT2D eigenvalue weighted by Gasteiger charge is 2.18. The van der Waals surface area contributed by atoms with Crippen molar-refractivity contribution < 1.29 is 14.3 Å². The molecule has 0 bridgehead atoms. The molecule has 0 aliphatic rings. The average molecular weight is 459 g/mol. The number of rotatable bonds is 7. The molecule has 0 aromatic heterocycles. The van der Waals surface area contributed by atoms with Gasteiger partial charge in [0, 0.05) is 11.1 Å². The van der Waals surface area contributed by atoms with Gasteiger partial charge < -0.3 is 4.74 Å². The number of hydrogen-bond acceptors (Lipinski definition) is 3. The molecule has 0 saturated carbocycles. The molecule has 3 heteroatoms. The molecule has 0 atom stereocenters. The molecule has 0 aliphatic carbocycles. The fraction of sp³-hybridized carbons (Fsp3) is 0.0625. The third-order valence-electron chi connectivity index (χ3n) is 5.58. The molecule has 0 aliphatic heterocycles. The molecule has 0 fully saturated rings. The van der Waals surface area contributed by atoms with Crippen LogP contribution in [0, 0.1) is 6.92 Å². The molecule has 35 heavy (non-hydrogen) atoms. The van der Waals surface area contributed by atoms with Crippen molar-refractivity contribution in [1.29, 1.82) is 0 Å². The summed E-state index contributed by atoms with van der Waals surface area (Å²) in [5.74, 6) is -0.536. The van der Waals surface area contributed by atoms with Gasteiger partial charge in [0.05, 0.1) is 5.56 Å². The number of esters is 1. The summed E-state index contributed by atoms with van der Waals surface area (Å²) in [6.45, 7) is 7.08. The van der Waals surface area contributed by atoms with Crippen LogP contribution in [0.3, 0.4) is 0 Å². The van der Waals surface area contributed by atoms with E-state index in [1.54, 1.807) is 37.3 Å². The Morgan fingerprint density at radius 3 is 1.86 bits per heavy atom.